The fraction of sp³-hybridized carbons (Fsp3) is 0.429. The minimum Gasteiger partial charge on any atom is -0.462 e. The van der Waals surface area contributed by atoms with Crippen LogP contribution >= 0.6 is 23.8 Å². The van der Waals surface area contributed by atoms with Crippen LogP contribution in [0.2, 0.25) is 5.02 Å². The maximum atomic E-state index is 11.7. The predicted molar refractivity (Wildman–Crippen MR) is 86.5 cm³/mol. The molecule has 6 heteroatoms. The number of carbonyl (C=O) groups excluding carboxylic acids is 1. The molecule has 0 spiro atoms. The fourth-order valence-electron chi connectivity index (χ4n) is 1.44. The van der Waals surface area contributed by atoms with Crippen LogP contribution in [0.1, 0.15) is 31.1 Å². The van der Waals surface area contributed by atoms with Crippen LogP contribution in [0.4, 0.5) is 5.69 Å². The largest absolute Gasteiger partial charge is 0.462 e. The van der Waals surface area contributed by atoms with E-state index in [1.165, 1.54) is 0 Å². The van der Waals surface area contributed by atoms with Crippen molar-refractivity contribution in [3.63, 3.8) is 0 Å². The SMILES string of the molecule is CCOC(=O)c1cc(NC(=S)NCC(C)C)ccc1Cl. The van der Waals surface area contributed by atoms with Gasteiger partial charge in [-0.3, -0.25) is 0 Å². The number of hydrogen-bond acceptors (Lipinski definition) is 3. The van der Waals surface area contributed by atoms with Gasteiger partial charge in [0.15, 0.2) is 5.11 Å². The molecule has 1 aromatic carbocycles. The molecule has 0 saturated carbocycles. The molecule has 0 fully saturated rings. The third kappa shape index (κ3) is 5.35. The molecule has 0 unspecified atom stereocenters. The van der Waals surface area contributed by atoms with E-state index in [2.05, 4.69) is 24.5 Å². The highest BCUT2D eigenvalue weighted by molar-refractivity contribution is 7.80. The quantitative estimate of drug-likeness (QED) is 0.644. The smallest absolute Gasteiger partial charge is 0.339 e. The number of anilines is 1. The molecule has 0 aromatic heterocycles. The fourth-order valence-corrected chi connectivity index (χ4v) is 1.84. The second-order valence-electron chi connectivity index (χ2n) is 4.64. The third-order valence-corrected chi connectivity index (χ3v) is 2.97. The lowest BCUT2D eigenvalue weighted by molar-refractivity contribution is 0.0526. The summed E-state index contributed by atoms with van der Waals surface area (Å²) in [5, 5.41) is 6.97. The number of hydrogen-bond donors (Lipinski definition) is 2. The van der Waals surface area contributed by atoms with Gasteiger partial charge in [-0.1, -0.05) is 25.4 Å². The first-order chi connectivity index (χ1) is 9.43. The van der Waals surface area contributed by atoms with Crippen LogP contribution < -0.4 is 10.6 Å². The molecule has 110 valence electrons. The van der Waals surface area contributed by atoms with Crippen LogP contribution in [-0.4, -0.2) is 24.2 Å². The molecule has 0 aliphatic carbocycles. The zero-order chi connectivity index (χ0) is 15.1. The Morgan fingerprint density at radius 3 is 2.75 bits per heavy atom. The van der Waals surface area contributed by atoms with Crippen LogP contribution in [0.25, 0.3) is 0 Å². The number of benzene rings is 1. The summed E-state index contributed by atoms with van der Waals surface area (Å²) in [5.74, 6) is 0.0530. The highest BCUT2D eigenvalue weighted by Gasteiger charge is 2.12. The first-order valence-electron chi connectivity index (χ1n) is 6.45. The van der Waals surface area contributed by atoms with Gasteiger partial charge in [-0.25, -0.2) is 4.79 Å². The highest BCUT2D eigenvalue weighted by Crippen LogP contribution is 2.21. The minimum atomic E-state index is -0.442. The van der Waals surface area contributed by atoms with Gasteiger partial charge >= 0.3 is 5.97 Å². The Bertz CT molecular complexity index is 492. The van der Waals surface area contributed by atoms with E-state index >= 15 is 0 Å². The van der Waals surface area contributed by atoms with Gasteiger partial charge in [-0.15, -0.1) is 0 Å². The molecular formula is C14H19ClN2O2S. The average molecular weight is 315 g/mol. The number of rotatable bonds is 5. The van der Waals surface area contributed by atoms with Crippen LogP contribution in [0.5, 0.6) is 0 Å². The summed E-state index contributed by atoms with van der Waals surface area (Å²) in [4.78, 5) is 11.7. The molecule has 0 radical (unpaired) electrons. The van der Waals surface area contributed by atoms with Gasteiger partial charge in [0, 0.05) is 12.2 Å². The number of esters is 1. The monoisotopic (exact) mass is 314 g/mol. The Morgan fingerprint density at radius 1 is 1.45 bits per heavy atom. The van der Waals surface area contributed by atoms with Gasteiger partial charge in [-0.2, -0.15) is 0 Å². The maximum absolute atomic E-state index is 11.7. The van der Waals surface area contributed by atoms with Crippen molar-refractivity contribution in [2.45, 2.75) is 20.8 Å². The second kappa shape index (κ2) is 8.07. The van der Waals surface area contributed by atoms with Crippen LogP contribution in [-0.2, 0) is 4.74 Å². The summed E-state index contributed by atoms with van der Waals surface area (Å²) in [6.07, 6.45) is 0. The molecule has 2 N–H and O–H groups in total. The molecule has 0 atom stereocenters. The number of carbonyl (C=O) groups is 1. The lowest BCUT2D eigenvalue weighted by Gasteiger charge is -2.13. The van der Waals surface area contributed by atoms with E-state index < -0.39 is 5.97 Å². The molecule has 1 rings (SSSR count). The Kier molecular flexibility index (Phi) is 6.75. The highest BCUT2D eigenvalue weighted by atomic mass is 35.5. The van der Waals surface area contributed by atoms with Gasteiger partial charge in [0.05, 0.1) is 17.2 Å². The standard InChI is InChI=1S/C14H19ClN2O2S/c1-4-19-13(18)11-7-10(5-6-12(11)15)17-14(20)16-8-9(2)3/h5-7,9H,4,8H2,1-3H3,(H2,16,17,20). The molecule has 0 amide bonds. The first-order valence-corrected chi connectivity index (χ1v) is 7.24. The topological polar surface area (TPSA) is 50.4 Å². The molecule has 0 aliphatic rings. The second-order valence-corrected chi connectivity index (χ2v) is 5.46. The van der Waals surface area contributed by atoms with E-state index in [1.807, 2.05) is 0 Å². The molecule has 0 bridgehead atoms. The molecule has 0 aliphatic heterocycles. The molecule has 0 saturated heterocycles. The van der Waals surface area contributed by atoms with Crippen molar-refractivity contribution in [1.29, 1.82) is 0 Å². The van der Waals surface area contributed by atoms with E-state index in [0.29, 0.717) is 33.9 Å². The van der Waals surface area contributed by atoms with E-state index in [4.69, 9.17) is 28.6 Å². The summed E-state index contributed by atoms with van der Waals surface area (Å²) >= 11 is 11.2. The Hall–Kier alpha value is -1.33. The summed E-state index contributed by atoms with van der Waals surface area (Å²) in [6, 6.07) is 5.03. The molecular weight excluding hydrogens is 296 g/mol. The Morgan fingerprint density at radius 2 is 2.15 bits per heavy atom. The number of ether oxygens (including phenoxy) is 1. The zero-order valence-corrected chi connectivity index (χ0v) is 13.4. The molecule has 1 aromatic rings. The molecule has 0 heterocycles. The van der Waals surface area contributed by atoms with Crippen molar-refractivity contribution in [1.82, 2.24) is 5.32 Å². The average Bonchev–Trinajstić information content (AvgIpc) is 2.39. The first kappa shape index (κ1) is 16.7. The van der Waals surface area contributed by atoms with E-state index in [-0.39, 0.29) is 0 Å². The lowest BCUT2D eigenvalue weighted by Crippen LogP contribution is -2.31. The van der Waals surface area contributed by atoms with Crippen LogP contribution in [0.15, 0.2) is 18.2 Å². The predicted octanol–water partition coefficient (Wildman–Crippen LogP) is 3.46. The zero-order valence-electron chi connectivity index (χ0n) is 11.8. The van der Waals surface area contributed by atoms with Crippen LogP contribution in [0.3, 0.4) is 0 Å². The van der Waals surface area contributed by atoms with Crippen molar-refractivity contribution >= 4 is 40.6 Å². The van der Waals surface area contributed by atoms with E-state index in [9.17, 15) is 4.79 Å². The molecule has 20 heavy (non-hydrogen) atoms. The third-order valence-electron chi connectivity index (χ3n) is 2.39. The number of nitrogens with one attached hydrogen (secondary N) is 2. The van der Waals surface area contributed by atoms with Gasteiger partial charge < -0.3 is 15.4 Å². The Balaban J connectivity index is 2.74. The summed E-state index contributed by atoms with van der Waals surface area (Å²) < 4.78 is 4.95. The van der Waals surface area contributed by atoms with Crippen LogP contribution in [0, 0.1) is 5.92 Å². The lowest BCUT2D eigenvalue weighted by atomic mass is 10.2. The van der Waals surface area contributed by atoms with Gasteiger partial charge in [-0.05, 0) is 43.3 Å². The van der Waals surface area contributed by atoms with Crippen molar-refractivity contribution in [3.8, 4) is 0 Å². The van der Waals surface area contributed by atoms with Gasteiger partial charge in [0.1, 0.15) is 0 Å². The van der Waals surface area contributed by atoms with Crippen molar-refractivity contribution < 1.29 is 9.53 Å². The Labute approximate surface area is 129 Å². The number of thiocarbonyl (C=S) groups is 1. The van der Waals surface area contributed by atoms with Crippen molar-refractivity contribution in [2.75, 3.05) is 18.5 Å². The number of halogens is 1. The summed E-state index contributed by atoms with van der Waals surface area (Å²) in [6.45, 7) is 7.03. The normalized spacial score (nSPS) is 10.2. The van der Waals surface area contributed by atoms with Crippen molar-refractivity contribution in [2.24, 2.45) is 5.92 Å². The summed E-state index contributed by atoms with van der Waals surface area (Å²) in [5.41, 5.74) is 1.02. The minimum absolute atomic E-state index is 0.307. The van der Waals surface area contributed by atoms with Crippen molar-refractivity contribution in [3.05, 3.63) is 28.8 Å². The van der Waals surface area contributed by atoms with Gasteiger partial charge in [0.2, 0.25) is 0 Å². The van der Waals surface area contributed by atoms with E-state index in [1.54, 1.807) is 25.1 Å². The maximum Gasteiger partial charge on any atom is 0.339 e. The molecule has 4 nitrogen and oxygen atoms in total. The van der Waals surface area contributed by atoms with E-state index in [0.717, 1.165) is 6.54 Å². The van der Waals surface area contributed by atoms with Gasteiger partial charge in [0.25, 0.3) is 0 Å². The summed E-state index contributed by atoms with van der Waals surface area (Å²) in [7, 11) is 0.